The fourth-order valence-electron chi connectivity index (χ4n) is 2.65. The van der Waals surface area contributed by atoms with Gasteiger partial charge in [-0.05, 0) is 35.9 Å². The van der Waals surface area contributed by atoms with Crippen molar-refractivity contribution >= 4 is 22.8 Å². The second-order valence-electron chi connectivity index (χ2n) is 5.60. The molecule has 0 aliphatic carbocycles. The number of aliphatic imine (C=N–C) groups is 1. The van der Waals surface area contributed by atoms with Crippen LogP contribution in [-0.2, 0) is 5.75 Å². The van der Waals surface area contributed by atoms with Crippen LogP contribution in [0.1, 0.15) is 15.9 Å². The molecule has 128 valence electrons. The van der Waals surface area contributed by atoms with Crippen LogP contribution in [0, 0.1) is 5.82 Å². The summed E-state index contributed by atoms with van der Waals surface area (Å²) < 4.78 is 23.6. The largest absolute Gasteiger partial charge is 0.454 e. The summed E-state index contributed by atoms with van der Waals surface area (Å²) in [5.74, 6) is 1.50. The van der Waals surface area contributed by atoms with E-state index in [2.05, 4.69) is 4.99 Å². The van der Waals surface area contributed by atoms with Gasteiger partial charge in [-0.1, -0.05) is 23.9 Å². The molecule has 2 aliphatic heterocycles. The molecule has 0 fully saturated rings. The van der Waals surface area contributed by atoms with Crippen LogP contribution < -0.4 is 9.47 Å². The summed E-state index contributed by atoms with van der Waals surface area (Å²) >= 11 is 1.48. The highest BCUT2D eigenvalue weighted by molar-refractivity contribution is 8.13. The van der Waals surface area contributed by atoms with E-state index in [1.165, 1.54) is 23.9 Å². The summed E-state index contributed by atoms with van der Waals surface area (Å²) in [6.07, 6.45) is 0. The van der Waals surface area contributed by atoms with Gasteiger partial charge in [-0.3, -0.25) is 14.7 Å². The fourth-order valence-corrected chi connectivity index (χ4v) is 3.65. The number of rotatable bonds is 3. The Morgan fingerprint density at radius 3 is 2.80 bits per heavy atom. The van der Waals surface area contributed by atoms with Gasteiger partial charge in [0.2, 0.25) is 6.79 Å². The monoisotopic (exact) mass is 358 g/mol. The zero-order valence-electron chi connectivity index (χ0n) is 13.3. The molecule has 2 aromatic rings. The molecular weight excluding hydrogens is 343 g/mol. The van der Waals surface area contributed by atoms with Crippen molar-refractivity contribution in [1.82, 2.24) is 4.90 Å². The SMILES string of the molecule is O=C(c1ccc2c(c1)OCO2)N1CCN=C1SCc1ccc(F)cc1. The molecule has 0 atom stereocenters. The minimum Gasteiger partial charge on any atom is -0.454 e. The van der Waals surface area contributed by atoms with Crippen LogP contribution in [0.4, 0.5) is 4.39 Å². The Balaban J connectivity index is 1.45. The summed E-state index contributed by atoms with van der Waals surface area (Å²) in [6.45, 7) is 1.32. The van der Waals surface area contributed by atoms with Gasteiger partial charge < -0.3 is 9.47 Å². The molecule has 25 heavy (non-hydrogen) atoms. The predicted molar refractivity (Wildman–Crippen MR) is 93.6 cm³/mol. The van der Waals surface area contributed by atoms with E-state index in [0.717, 1.165) is 5.56 Å². The van der Waals surface area contributed by atoms with Gasteiger partial charge in [0, 0.05) is 17.9 Å². The van der Waals surface area contributed by atoms with Crippen LogP contribution in [0.15, 0.2) is 47.5 Å². The standard InChI is InChI=1S/C18H15FN2O3S/c19-14-4-1-12(2-5-14)10-25-18-20-7-8-21(18)17(22)13-3-6-15-16(9-13)24-11-23-15/h1-6,9H,7-8,10-11H2. The van der Waals surface area contributed by atoms with Crippen LogP contribution in [0.5, 0.6) is 11.5 Å². The summed E-state index contributed by atoms with van der Waals surface area (Å²) in [6, 6.07) is 11.5. The zero-order valence-corrected chi connectivity index (χ0v) is 14.1. The topological polar surface area (TPSA) is 51.1 Å². The van der Waals surface area contributed by atoms with Crippen LogP contribution >= 0.6 is 11.8 Å². The maximum atomic E-state index is 13.0. The molecular formula is C18H15FN2O3S. The van der Waals surface area contributed by atoms with Gasteiger partial charge in [-0.25, -0.2) is 4.39 Å². The Bertz CT molecular complexity index is 839. The summed E-state index contributed by atoms with van der Waals surface area (Å²) in [4.78, 5) is 18.9. The van der Waals surface area contributed by atoms with Crippen molar-refractivity contribution in [2.24, 2.45) is 4.99 Å². The molecule has 0 aromatic heterocycles. The Kier molecular flexibility index (Phi) is 4.31. The van der Waals surface area contributed by atoms with Crippen molar-refractivity contribution in [1.29, 1.82) is 0 Å². The van der Waals surface area contributed by atoms with Crippen LogP contribution in [-0.4, -0.2) is 35.9 Å². The molecule has 0 radical (unpaired) electrons. The van der Waals surface area contributed by atoms with E-state index in [4.69, 9.17) is 9.47 Å². The number of carbonyl (C=O) groups excluding carboxylic acids is 1. The third kappa shape index (κ3) is 3.32. The first-order chi connectivity index (χ1) is 12.2. The summed E-state index contributed by atoms with van der Waals surface area (Å²) in [5.41, 5.74) is 1.53. The first-order valence-electron chi connectivity index (χ1n) is 7.84. The van der Waals surface area contributed by atoms with Crippen molar-refractivity contribution in [3.8, 4) is 11.5 Å². The molecule has 2 aromatic carbocycles. The van der Waals surface area contributed by atoms with Crippen LogP contribution in [0.3, 0.4) is 0 Å². The third-order valence-corrected chi connectivity index (χ3v) is 5.03. The highest BCUT2D eigenvalue weighted by Crippen LogP contribution is 2.33. The van der Waals surface area contributed by atoms with Crippen molar-refractivity contribution in [3.63, 3.8) is 0 Å². The number of halogens is 1. The molecule has 2 heterocycles. The van der Waals surface area contributed by atoms with Gasteiger partial charge in [0.15, 0.2) is 16.7 Å². The van der Waals surface area contributed by atoms with Gasteiger partial charge in [0.05, 0.1) is 6.54 Å². The van der Waals surface area contributed by atoms with Crippen molar-refractivity contribution in [2.45, 2.75) is 5.75 Å². The first-order valence-corrected chi connectivity index (χ1v) is 8.82. The molecule has 0 saturated heterocycles. The first kappa shape index (κ1) is 16.0. The Hall–Kier alpha value is -2.54. The van der Waals surface area contributed by atoms with Gasteiger partial charge in [-0.2, -0.15) is 0 Å². The van der Waals surface area contributed by atoms with E-state index in [-0.39, 0.29) is 18.5 Å². The number of hydrogen-bond donors (Lipinski definition) is 0. The van der Waals surface area contributed by atoms with E-state index < -0.39 is 0 Å². The van der Waals surface area contributed by atoms with Crippen molar-refractivity contribution < 1.29 is 18.7 Å². The minimum absolute atomic E-state index is 0.110. The van der Waals surface area contributed by atoms with Gasteiger partial charge in [0.25, 0.3) is 5.91 Å². The summed E-state index contributed by atoms with van der Waals surface area (Å²) in [5, 5.41) is 0.687. The molecule has 2 aliphatic rings. The predicted octanol–water partition coefficient (Wildman–Crippen LogP) is 3.30. The third-order valence-electron chi connectivity index (χ3n) is 3.95. The van der Waals surface area contributed by atoms with Crippen molar-refractivity contribution in [2.75, 3.05) is 19.9 Å². The van der Waals surface area contributed by atoms with Gasteiger partial charge in [-0.15, -0.1) is 0 Å². The normalized spacial score (nSPS) is 15.4. The quantitative estimate of drug-likeness (QED) is 0.845. The fraction of sp³-hybridized carbons (Fsp3) is 0.222. The molecule has 0 saturated carbocycles. The lowest BCUT2D eigenvalue weighted by Crippen LogP contribution is -2.32. The highest BCUT2D eigenvalue weighted by Gasteiger charge is 2.26. The Morgan fingerprint density at radius 1 is 1.16 bits per heavy atom. The number of thioether (sulfide) groups is 1. The van der Waals surface area contributed by atoms with E-state index in [0.29, 0.717) is 41.1 Å². The lowest BCUT2D eigenvalue weighted by Gasteiger charge is -2.18. The smallest absolute Gasteiger partial charge is 0.260 e. The number of fused-ring (bicyclic) bond motifs is 1. The molecule has 0 bridgehead atoms. The number of amidine groups is 1. The number of carbonyl (C=O) groups is 1. The molecule has 0 unspecified atom stereocenters. The molecule has 0 N–H and O–H groups in total. The van der Waals surface area contributed by atoms with E-state index in [1.807, 2.05) is 0 Å². The molecule has 4 rings (SSSR count). The average Bonchev–Trinajstić information content (AvgIpc) is 3.29. The van der Waals surface area contributed by atoms with Crippen LogP contribution in [0.2, 0.25) is 0 Å². The number of nitrogens with zero attached hydrogens (tertiary/aromatic N) is 2. The molecule has 0 spiro atoms. The lowest BCUT2D eigenvalue weighted by molar-refractivity contribution is 0.0860. The maximum absolute atomic E-state index is 13.0. The van der Waals surface area contributed by atoms with Crippen molar-refractivity contribution in [3.05, 3.63) is 59.4 Å². The average molecular weight is 358 g/mol. The number of hydrogen-bond acceptors (Lipinski definition) is 5. The highest BCUT2D eigenvalue weighted by atomic mass is 32.2. The van der Waals surface area contributed by atoms with E-state index in [1.54, 1.807) is 35.2 Å². The van der Waals surface area contributed by atoms with E-state index >= 15 is 0 Å². The van der Waals surface area contributed by atoms with E-state index in [9.17, 15) is 9.18 Å². The Labute approximate surface area is 148 Å². The zero-order chi connectivity index (χ0) is 17.2. The second kappa shape index (κ2) is 6.76. The molecule has 5 nitrogen and oxygen atoms in total. The lowest BCUT2D eigenvalue weighted by atomic mass is 10.2. The minimum atomic E-state index is -0.258. The Morgan fingerprint density at radius 2 is 1.96 bits per heavy atom. The molecule has 7 heteroatoms. The number of ether oxygens (including phenoxy) is 2. The van der Waals surface area contributed by atoms with Gasteiger partial charge >= 0.3 is 0 Å². The number of benzene rings is 2. The number of amides is 1. The summed E-state index contributed by atoms with van der Waals surface area (Å²) in [7, 11) is 0. The van der Waals surface area contributed by atoms with Gasteiger partial charge in [0.1, 0.15) is 5.82 Å². The molecule has 1 amide bonds. The maximum Gasteiger partial charge on any atom is 0.260 e. The van der Waals surface area contributed by atoms with Crippen LogP contribution in [0.25, 0.3) is 0 Å². The second-order valence-corrected chi connectivity index (χ2v) is 6.55.